The van der Waals surface area contributed by atoms with Crippen LogP contribution in [0.3, 0.4) is 0 Å². The molecule has 1 saturated carbocycles. The number of carbonyl (C=O) groups is 1. The molecule has 7 heteroatoms. The number of Topliss-reactive ketones (excluding diaryl/α,β-unsaturated/α-hetero) is 1. The molecule has 3 N–H and O–H groups in total. The van der Waals surface area contributed by atoms with Crippen molar-refractivity contribution < 1.29 is 9.53 Å². The number of halogens is 1. The van der Waals surface area contributed by atoms with E-state index in [1.807, 2.05) is 0 Å². The standard InChI is InChI=1S/C16H17ClN4O2/c17-10-4-6-13(7-5-10)23-14-9-19-16(18)21-15(14)20-11-2-1-3-12(22)8-11/h4-7,9,11H,1-3,8H2,(H3,18,19,20,21). The Bertz CT molecular complexity index is 706. The summed E-state index contributed by atoms with van der Waals surface area (Å²) in [4.78, 5) is 19.8. The molecule has 0 aliphatic heterocycles. The fourth-order valence-corrected chi connectivity index (χ4v) is 2.66. The molecule has 0 radical (unpaired) electrons. The predicted molar refractivity (Wildman–Crippen MR) is 88.9 cm³/mol. The van der Waals surface area contributed by atoms with Gasteiger partial charge in [0.05, 0.1) is 6.20 Å². The Morgan fingerprint density at radius 3 is 2.83 bits per heavy atom. The van der Waals surface area contributed by atoms with E-state index in [1.54, 1.807) is 24.3 Å². The van der Waals surface area contributed by atoms with E-state index in [1.165, 1.54) is 6.20 Å². The van der Waals surface area contributed by atoms with Crippen LogP contribution in [-0.4, -0.2) is 21.8 Å². The second kappa shape index (κ2) is 6.83. The van der Waals surface area contributed by atoms with Gasteiger partial charge in [-0.25, -0.2) is 4.98 Å². The number of hydrogen-bond donors (Lipinski definition) is 2. The first-order chi connectivity index (χ1) is 11.1. The molecular formula is C16H17ClN4O2. The van der Waals surface area contributed by atoms with Gasteiger partial charge in [0.25, 0.3) is 0 Å². The van der Waals surface area contributed by atoms with Crippen molar-refractivity contribution in [1.29, 1.82) is 0 Å². The number of nitrogens with zero attached hydrogens (tertiary/aromatic N) is 2. The van der Waals surface area contributed by atoms with Gasteiger partial charge in [-0.15, -0.1) is 0 Å². The Morgan fingerprint density at radius 2 is 2.09 bits per heavy atom. The molecule has 1 aromatic heterocycles. The predicted octanol–water partition coefficient (Wildman–Crippen LogP) is 3.43. The Labute approximate surface area is 139 Å². The number of ether oxygens (including phenoxy) is 1. The summed E-state index contributed by atoms with van der Waals surface area (Å²) in [5, 5.41) is 3.88. The molecular weight excluding hydrogens is 316 g/mol. The summed E-state index contributed by atoms with van der Waals surface area (Å²) in [6, 6.07) is 7.03. The van der Waals surface area contributed by atoms with Gasteiger partial charge in [-0.1, -0.05) is 11.6 Å². The number of anilines is 2. The van der Waals surface area contributed by atoms with E-state index in [-0.39, 0.29) is 17.8 Å². The lowest BCUT2D eigenvalue weighted by Gasteiger charge is -2.23. The van der Waals surface area contributed by atoms with E-state index in [0.29, 0.717) is 35.2 Å². The van der Waals surface area contributed by atoms with Gasteiger partial charge in [-0.2, -0.15) is 4.98 Å². The number of benzene rings is 1. The molecule has 1 atom stereocenters. The lowest BCUT2D eigenvalue weighted by atomic mass is 9.94. The van der Waals surface area contributed by atoms with Crippen molar-refractivity contribution in [3.05, 3.63) is 35.5 Å². The van der Waals surface area contributed by atoms with Crippen molar-refractivity contribution in [2.24, 2.45) is 0 Å². The van der Waals surface area contributed by atoms with Crippen LogP contribution in [-0.2, 0) is 4.79 Å². The molecule has 1 fully saturated rings. The summed E-state index contributed by atoms with van der Waals surface area (Å²) in [5.41, 5.74) is 5.67. The van der Waals surface area contributed by atoms with E-state index >= 15 is 0 Å². The smallest absolute Gasteiger partial charge is 0.222 e. The van der Waals surface area contributed by atoms with Crippen LogP contribution in [0.15, 0.2) is 30.5 Å². The van der Waals surface area contributed by atoms with Crippen molar-refractivity contribution in [3.8, 4) is 11.5 Å². The number of carbonyl (C=O) groups excluding carboxylic acids is 1. The van der Waals surface area contributed by atoms with E-state index < -0.39 is 0 Å². The summed E-state index contributed by atoms with van der Waals surface area (Å²) < 4.78 is 5.80. The van der Waals surface area contributed by atoms with Gasteiger partial charge in [0.15, 0.2) is 11.6 Å². The molecule has 3 rings (SSSR count). The zero-order valence-electron chi connectivity index (χ0n) is 12.5. The maximum atomic E-state index is 11.6. The number of rotatable bonds is 4. The third-order valence-electron chi connectivity index (χ3n) is 3.64. The highest BCUT2D eigenvalue weighted by Crippen LogP contribution is 2.30. The molecule has 0 spiro atoms. The molecule has 120 valence electrons. The van der Waals surface area contributed by atoms with Crippen molar-refractivity contribution in [3.63, 3.8) is 0 Å². The zero-order valence-corrected chi connectivity index (χ0v) is 13.2. The number of nitrogen functional groups attached to an aromatic ring is 1. The van der Waals surface area contributed by atoms with Gasteiger partial charge in [0.1, 0.15) is 11.5 Å². The number of nitrogens with one attached hydrogen (secondary N) is 1. The van der Waals surface area contributed by atoms with Crippen molar-refractivity contribution in [2.75, 3.05) is 11.1 Å². The molecule has 1 heterocycles. The van der Waals surface area contributed by atoms with Crippen LogP contribution in [0.25, 0.3) is 0 Å². The monoisotopic (exact) mass is 332 g/mol. The largest absolute Gasteiger partial charge is 0.452 e. The number of hydrogen-bond acceptors (Lipinski definition) is 6. The first-order valence-corrected chi connectivity index (χ1v) is 7.82. The van der Waals surface area contributed by atoms with Gasteiger partial charge in [0, 0.05) is 23.9 Å². The Kier molecular flexibility index (Phi) is 4.62. The Hall–Kier alpha value is -2.34. The van der Waals surface area contributed by atoms with Crippen LogP contribution in [0, 0.1) is 0 Å². The average molecular weight is 333 g/mol. The summed E-state index contributed by atoms with van der Waals surface area (Å²) >= 11 is 5.87. The van der Waals surface area contributed by atoms with Gasteiger partial charge >= 0.3 is 0 Å². The van der Waals surface area contributed by atoms with E-state index in [0.717, 1.165) is 12.8 Å². The summed E-state index contributed by atoms with van der Waals surface area (Å²) in [7, 11) is 0. The molecule has 0 amide bonds. The molecule has 2 aromatic rings. The minimum atomic E-state index is 0.0399. The van der Waals surface area contributed by atoms with Gasteiger partial charge in [-0.3, -0.25) is 4.79 Å². The molecule has 1 aliphatic rings. The normalized spacial score (nSPS) is 17.8. The lowest BCUT2D eigenvalue weighted by Crippen LogP contribution is -2.28. The number of nitrogens with two attached hydrogens (primary N) is 1. The maximum Gasteiger partial charge on any atom is 0.222 e. The quantitative estimate of drug-likeness (QED) is 0.891. The van der Waals surface area contributed by atoms with E-state index in [4.69, 9.17) is 22.1 Å². The number of aromatic nitrogens is 2. The third-order valence-corrected chi connectivity index (χ3v) is 3.89. The molecule has 1 aromatic carbocycles. The van der Waals surface area contributed by atoms with Crippen LogP contribution in [0.2, 0.25) is 5.02 Å². The molecule has 1 unspecified atom stereocenters. The third kappa shape index (κ3) is 4.10. The van der Waals surface area contributed by atoms with Crippen molar-refractivity contribution in [1.82, 2.24) is 9.97 Å². The fraction of sp³-hybridized carbons (Fsp3) is 0.312. The number of ketones is 1. The SMILES string of the molecule is Nc1ncc(Oc2ccc(Cl)cc2)c(NC2CCCC(=O)C2)n1. The van der Waals surface area contributed by atoms with Crippen LogP contribution in [0.5, 0.6) is 11.5 Å². The van der Waals surface area contributed by atoms with Crippen LogP contribution >= 0.6 is 11.6 Å². The Morgan fingerprint density at radius 1 is 1.30 bits per heavy atom. The first-order valence-electron chi connectivity index (χ1n) is 7.44. The Balaban J connectivity index is 1.79. The van der Waals surface area contributed by atoms with Crippen molar-refractivity contribution >= 4 is 29.2 Å². The second-order valence-electron chi connectivity index (χ2n) is 5.47. The van der Waals surface area contributed by atoms with Gasteiger partial charge in [0.2, 0.25) is 5.95 Å². The highest BCUT2D eigenvalue weighted by molar-refractivity contribution is 6.30. The lowest BCUT2D eigenvalue weighted by molar-refractivity contribution is -0.120. The molecule has 0 bridgehead atoms. The molecule has 23 heavy (non-hydrogen) atoms. The van der Waals surface area contributed by atoms with Crippen molar-refractivity contribution in [2.45, 2.75) is 31.7 Å². The molecule has 1 aliphatic carbocycles. The van der Waals surface area contributed by atoms with E-state index in [9.17, 15) is 4.79 Å². The minimum Gasteiger partial charge on any atom is -0.452 e. The van der Waals surface area contributed by atoms with Gasteiger partial charge < -0.3 is 15.8 Å². The topological polar surface area (TPSA) is 90.1 Å². The van der Waals surface area contributed by atoms with Crippen LogP contribution in [0.4, 0.5) is 11.8 Å². The highest BCUT2D eigenvalue weighted by atomic mass is 35.5. The highest BCUT2D eigenvalue weighted by Gasteiger charge is 2.21. The first kappa shape index (κ1) is 15.6. The van der Waals surface area contributed by atoms with E-state index in [2.05, 4.69) is 15.3 Å². The maximum absolute atomic E-state index is 11.6. The summed E-state index contributed by atoms with van der Waals surface area (Å²) in [5.74, 6) is 1.98. The fourth-order valence-electron chi connectivity index (χ4n) is 2.53. The summed E-state index contributed by atoms with van der Waals surface area (Å²) in [6.07, 6.45) is 4.45. The molecule has 6 nitrogen and oxygen atoms in total. The summed E-state index contributed by atoms with van der Waals surface area (Å²) in [6.45, 7) is 0. The van der Waals surface area contributed by atoms with Gasteiger partial charge in [-0.05, 0) is 37.1 Å². The van der Waals surface area contributed by atoms with Crippen LogP contribution in [0.1, 0.15) is 25.7 Å². The van der Waals surface area contributed by atoms with Crippen LogP contribution < -0.4 is 15.8 Å². The molecule has 0 saturated heterocycles. The minimum absolute atomic E-state index is 0.0399. The zero-order chi connectivity index (χ0) is 16.2. The second-order valence-corrected chi connectivity index (χ2v) is 5.91. The average Bonchev–Trinajstić information content (AvgIpc) is 2.52.